The van der Waals surface area contributed by atoms with Gasteiger partial charge in [-0.25, -0.2) is 8.42 Å². The Bertz CT molecular complexity index is 922. The summed E-state index contributed by atoms with van der Waals surface area (Å²) >= 11 is 0. The van der Waals surface area contributed by atoms with Crippen LogP contribution in [0.4, 0.5) is 0 Å². The molecule has 162 valence electrons. The van der Waals surface area contributed by atoms with Crippen LogP contribution >= 0.6 is 0 Å². The van der Waals surface area contributed by atoms with Crippen LogP contribution in [0.25, 0.3) is 0 Å². The maximum absolute atomic E-state index is 12.8. The first kappa shape index (κ1) is 22.5. The van der Waals surface area contributed by atoms with Gasteiger partial charge in [0.2, 0.25) is 15.9 Å². The second-order valence-electron chi connectivity index (χ2n) is 7.81. The van der Waals surface area contributed by atoms with Gasteiger partial charge >= 0.3 is 0 Å². The van der Waals surface area contributed by atoms with Gasteiger partial charge in [-0.2, -0.15) is 4.31 Å². The van der Waals surface area contributed by atoms with Gasteiger partial charge < -0.3 is 5.32 Å². The lowest BCUT2D eigenvalue weighted by Gasteiger charge is -2.33. The molecule has 1 N–H and O–H groups in total. The zero-order chi connectivity index (χ0) is 21.6. The lowest BCUT2D eigenvalue weighted by Crippen LogP contribution is -2.51. The molecule has 1 amide bonds. The standard InChI is InChI=1S/C23H31N3O3S/c1-3-7-22(20-8-5-4-6-9-20)24-23(27)18-25-14-16-26(17-15-25)30(28,29)21-12-10-19(2)11-13-21/h4-6,8-13,22H,3,7,14-18H2,1-2H3,(H,24,27)/t22-/m1/s1. The van der Waals surface area contributed by atoms with Gasteiger partial charge in [0.25, 0.3) is 0 Å². The van der Waals surface area contributed by atoms with E-state index in [1.165, 1.54) is 4.31 Å². The van der Waals surface area contributed by atoms with Crippen molar-refractivity contribution in [2.45, 2.75) is 37.6 Å². The van der Waals surface area contributed by atoms with E-state index in [0.717, 1.165) is 24.0 Å². The molecule has 30 heavy (non-hydrogen) atoms. The monoisotopic (exact) mass is 429 g/mol. The Labute approximate surface area is 179 Å². The van der Waals surface area contributed by atoms with Gasteiger partial charge in [-0.05, 0) is 31.0 Å². The van der Waals surface area contributed by atoms with E-state index in [4.69, 9.17) is 0 Å². The summed E-state index contributed by atoms with van der Waals surface area (Å²) in [6.07, 6.45) is 1.87. The van der Waals surface area contributed by atoms with Crippen LogP contribution in [0.15, 0.2) is 59.5 Å². The van der Waals surface area contributed by atoms with E-state index in [-0.39, 0.29) is 18.5 Å². The molecule has 2 aromatic rings. The van der Waals surface area contributed by atoms with Gasteiger partial charge in [-0.1, -0.05) is 61.4 Å². The SMILES string of the molecule is CCC[C@@H](NC(=O)CN1CCN(S(=O)(=O)c2ccc(C)cc2)CC1)c1ccccc1. The second kappa shape index (κ2) is 10.2. The molecule has 1 aliphatic rings. The summed E-state index contributed by atoms with van der Waals surface area (Å²) in [5.41, 5.74) is 2.14. The summed E-state index contributed by atoms with van der Waals surface area (Å²) in [5.74, 6) is -0.0212. The molecule has 1 atom stereocenters. The highest BCUT2D eigenvalue weighted by atomic mass is 32.2. The molecule has 0 bridgehead atoms. The smallest absolute Gasteiger partial charge is 0.243 e. The minimum atomic E-state index is -3.49. The number of sulfonamides is 1. The van der Waals surface area contributed by atoms with E-state index < -0.39 is 10.0 Å². The highest BCUT2D eigenvalue weighted by Crippen LogP contribution is 2.19. The van der Waals surface area contributed by atoms with Gasteiger partial charge in [0.1, 0.15) is 0 Å². The summed E-state index contributed by atoms with van der Waals surface area (Å²) in [5, 5.41) is 3.14. The predicted molar refractivity (Wildman–Crippen MR) is 119 cm³/mol. The number of hydrogen-bond donors (Lipinski definition) is 1. The van der Waals surface area contributed by atoms with Crippen LogP contribution in [0.1, 0.15) is 36.9 Å². The molecule has 0 aromatic heterocycles. The van der Waals surface area contributed by atoms with Crippen LogP contribution in [-0.4, -0.2) is 56.3 Å². The first-order valence-corrected chi connectivity index (χ1v) is 12.0. The average molecular weight is 430 g/mol. The third-order valence-corrected chi connectivity index (χ3v) is 7.38. The average Bonchev–Trinajstić information content (AvgIpc) is 2.75. The van der Waals surface area contributed by atoms with Crippen molar-refractivity contribution in [1.82, 2.24) is 14.5 Å². The van der Waals surface area contributed by atoms with Crippen molar-refractivity contribution in [2.75, 3.05) is 32.7 Å². The van der Waals surface area contributed by atoms with E-state index in [9.17, 15) is 13.2 Å². The first-order valence-electron chi connectivity index (χ1n) is 10.5. The molecule has 7 heteroatoms. The molecule has 0 unspecified atom stereocenters. The fourth-order valence-corrected chi connectivity index (χ4v) is 5.15. The topological polar surface area (TPSA) is 69.7 Å². The molecule has 1 fully saturated rings. The molecule has 3 rings (SSSR count). The lowest BCUT2D eigenvalue weighted by molar-refractivity contribution is -0.123. The normalized spacial score (nSPS) is 16.9. The Kier molecular flexibility index (Phi) is 7.64. The van der Waals surface area contributed by atoms with Crippen molar-refractivity contribution < 1.29 is 13.2 Å². The molecule has 6 nitrogen and oxygen atoms in total. The maximum atomic E-state index is 12.8. The number of rotatable bonds is 8. The summed E-state index contributed by atoms with van der Waals surface area (Å²) < 4.78 is 27.2. The van der Waals surface area contributed by atoms with Gasteiger partial charge in [-0.15, -0.1) is 0 Å². The number of nitrogens with one attached hydrogen (secondary N) is 1. The number of benzene rings is 2. The molecule has 0 aliphatic carbocycles. The molecule has 1 aliphatic heterocycles. The second-order valence-corrected chi connectivity index (χ2v) is 9.75. The van der Waals surface area contributed by atoms with Crippen molar-refractivity contribution in [3.63, 3.8) is 0 Å². The summed E-state index contributed by atoms with van der Waals surface area (Å²) in [4.78, 5) is 15.0. The van der Waals surface area contributed by atoms with E-state index in [1.54, 1.807) is 12.1 Å². The van der Waals surface area contributed by atoms with Crippen LogP contribution in [0.2, 0.25) is 0 Å². The van der Waals surface area contributed by atoms with Crippen molar-refractivity contribution >= 4 is 15.9 Å². The first-order chi connectivity index (χ1) is 14.4. The van der Waals surface area contributed by atoms with Gasteiger partial charge in [0, 0.05) is 26.2 Å². The molecular formula is C23H31N3O3S. The maximum Gasteiger partial charge on any atom is 0.243 e. The number of piperazine rings is 1. The molecule has 1 saturated heterocycles. The van der Waals surface area contributed by atoms with E-state index >= 15 is 0 Å². The van der Waals surface area contributed by atoms with E-state index in [0.29, 0.717) is 31.1 Å². The highest BCUT2D eigenvalue weighted by molar-refractivity contribution is 7.89. The zero-order valence-electron chi connectivity index (χ0n) is 17.8. The van der Waals surface area contributed by atoms with E-state index in [1.807, 2.05) is 54.3 Å². The Morgan fingerprint density at radius 1 is 1.00 bits per heavy atom. The molecule has 0 radical (unpaired) electrons. The van der Waals surface area contributed by atoms with Crippen LogP contribution in [0.5, 0.6) is 0 Å². The number of nitrogens with zero attached hydrogens (tertiary/aromatic N) is 2. The highest BCUT2D eigenvalue weighted by Gasteiger charge is 2.29. The molecule has 2 aromatic carbocycles. The van der Waals surface area contributed by atoms with Crippen molar-refractivity contribution in [3.05, 3.63) is 65.7 Å². The van der Waals surface area contributed by atoms with Crippen molar-refractivity contribution in [1.29, 1.82) is 0 Å². The molecule has 1 heterocycles. The number of hydrogen-bond acceptors (Lipinski definition) is 4. The predicted octanol–water partition coefficient (Wildman–Crippen LogP) is 2.96. The molecular weight excluding hydrogens is 398 g/mol. The lowest BCUT2D eigenvalue weighted by atomic mass is 10.0. The Hall–Kier alpha value is -2.22. The largest absolute Gasteiger partial charge is 0.348 e. The van der Waals surface area contributed by atoms with Gasteiger partial charge in [0.05, 0.1) is 17.5 Å². The quantitative estimate of drug-likeness (QED) is 0.700. The van der Waals surface area contributed by atoms with Gasteiger partial charge in [0.15, 0.2) is 0 Å². The fraction of sp³-hybridized carbons (Fsp3) is 0.435. The van der Waals surface area contributed by atoms with Crippen LogP contribution in [-0.2, 0) is 14.8 Å². The minimum absolute atomic E-state index is 0.00639. The number of amides is 1. The zero-order valence-corrected chi connectivity index (χ0v) is 18.6. The summed E-state index contributed by atoms with van der Waals surface area (Å²) in [6, 6.07) is 17.0. The Morgan fingerprint density at radius 3 is 2.23 bits per heavy atom. The van der Waals surface area contributed by atoms with Crippen LogP contribution < -0.4 is 5.32 Å². The summed E-state index contributed by atoms with van der Waals surface area (Å²) in [7, 11) is -3.49. The molecule has 0 saturated carbocycles. The number of carbonyl (C=O) groups excluding carboxylic acids is 1. The Balaban J connectivity index is 1.53. The van der Waals surface area contributed by atoms with Crippen molar-refractivity contribution in [3.8, 4) is 0 Å². The Morgan fingerprint density at radius 2 is 1.63 bits per heavy atom. The third kappa shape index (κ3) is 5.68. The number of carbonyl (C=O) groups is 1. The number of aryl methyl sites for hydroxylation is 1. The third-order valence-electron chi connectivity index (χ3n) is 5.47. The van der Waals surface area contributed by atoms with Crippen LogP contribution in [0, 0.1) is 6.92 Å². The van der Waals surface area contributed by atoms with Crippen molar-refractivity contribution in [2.24, 2.45) is 0 Å². The fourth-order valence-electron chi connectivity index (χ4n) is 3.73. The van der Waals surface area contributed by atoms with Crippen LogP contribution in [0.3, 0.4) is 0 Å². The summed E-state index contributed by atoms with van der Waals surface area (Å²) in [6.45, 7) is 6.19. The minimum Gasteiger partial charge on any atom is -0.348 e. The molecule has 0 spiro atoms. The van der Waals surface area contributed by atoms with Gasteiger partial charge in [-0.3, -0.25) is 9.69 Å². The van der Waals surface area contributed by atoms with E-state index in [2.05, 4.69) is 12.2 Å².